The number of fused-ring (bicyclic) bond motifs is 1. The van der Waals surface area contributed by atoms with Gasteiger partial charge in [-0.3, -0.25) is 4.79 Å². The van der Waals surface area contributed by atoms with E-state index in [4.69, 9.17) is 28.2 Å². The number of hydrogen-bond acceptors (Lipinski definition) is 4. The van der Waals surface area contributed by atoms with E-state index in [1.54, 1.807) is 29.5 Å². The van der Waals surface area contributed by atoms with Crippen LogP contribution in [-0.2, 0) is 0 Å². The zero-order valence-corrected chi connectivity index (χ0v) is 18.6. The van der Waals surface area contributed by atoms with Crippen LogP contribution in [0.3, 0.4) is 0 Å². The van der Waals surface area contributed by atoms with Crippen molar-refractivity contribution in [3.8, 4) is 5.13 Å². The van der Waals surface area contributed by atoms with Crippen LogP contribution in [-0.4, -0.2) is 20.7 Å². The first-order chi connectivity index (χ1) is 13.7. The first kappa shape index (κ1) is 19.9. The van der Waals surface area contributed by atoms with Gasteiger partial charge >= 0.3 is 0 Å². The summed E-state index contributed by atoms with van der Waals surface area (Å²) in [6.07, 6.45) is 0. The van der Waals surface area contributed by atoms with Crippen molar-refractivity contribution in [1.29, 1.82) is 0 Å². The van der Waals surface area contributed by atoms with Crippen molar-refractivity contribution < 1.29 is 4.79 Å². The summed E-state index contributed by atoms with van der Waals surface area (Å²) in [5, 5.41) is 9.13. The highest BCUT2D eigenvalue weighted by atomic mass is 35.5. The SMILES string of the molecule is Cc1cc(C)n(-c2nc3cc(C)c(NC(=O)c4cc(Cl)ccc4Cl)c(C)c3s2)n1. The van der Waals surface area contributed by atoms with Gasteiger partial charge in [-0.25, -0.2) is 9.67 Å². The van der Waals surface area contributed by atoms with Crippen LogP contribution >= 0.6 is 34.5 Å². The van der Waals surface area contributed by atoms with Crippen LogP contribution in [0, 0.1) is 27.7 Å². The number of carbonyl (C=O) groups is 1. The summed E-state index contributed by atoms with van der Waals surface area (Å²) in [5.74, 6) is -0.300. The summed E-state index contributed by atoms with van der Waals surface area (Å²) in [7, 11) is 0. The van der Waals surface area contributed by atoms with Crippen molar-refractivity contribution in [2.45, 2.75) is 27.7 Å². The summed E-state index contributed by atoms with van der Waals surface area (Å²) in [6, 6.07) is 8.83. The third kappa shape index (κ3) is 3.64. The van der Waals surface area contributed by atoms with Gasteiger partial charge in [0.15, 0.2) is 0 Å². The molecule has 2 aromatic heterocycles. The van der Waals surface area contributed by atoms with Gasteiger partial charge in [0.05, 0.1) is 26.5 Å². The molecule has 0 atom stereocenters. The van der Waals surface area contributed by atoms with Crippen LogP contribution in [0.2, 0.25) is 10.0 Å². The largest absolute Gasteiger partial charge is 0.321 e. The second-order valence-electron chi connectivity index (χ2n) is 6.96. The first-order valence-corrected chi connectivity index (χ1v) is 10.5. The standard InChI is InChI=1S/C21H18Cl2N4OS/c1-10-7-17-19(29-21(24-17)27-12(3)8-11(2)26-27)13(4)18(10)25-20(28)15-9-14(22)5-6-16(15)23/h5-9H,1-4H3,(H,25,28). The average Bonchev–Trinajstić information content (AvgIpc) is 3.22. The quantitative estimate of drug-likeness (QED) is 0.404. The molecule has 1 N–H and O–H groups in total. The van der Waals surface area contributed by atoms with Crippen LogP contribution in [0.25, 0.3) is 15.3 Å². The normalized spacial score (nSPS) is 11.2. The number of anilines is 1. The number of aromatic nitrogens is 3. The minimum absolute atomic E-state index is 0.300. The van der Waals surface area contributed by atoms with Crippen LogP contribution in [0.4, 0.5) is 5.69 Å². The lowest BCUT2D eigenvalue weighted by molar-refractivity contribution is 0.102. The van der Waals surface area contributed by atoms with E-state index in [2.05, 4.69) is 10.4 Å². The Morgan fingerprint density at radius 2 is 1.86 bits per heavy atom. The third-order valence-electron chi connectivity index (χ3n) is 4.71. The Hall–Kier alpha value is -2.41. The van der Waals surface area contributed by atoms with Gasteiger partial charge in [-0.2, -0.15) is 5.10 Å². The Kier molecular flexibility index (Phi) is 5.11. The van der Waals surface area contributed by atoms with Crippen molar-refractivity contribution in [3.05, 3.63) is 68.5 Å². The van der Waals surface area contributed by atoms with E-state index < -0.39 is 0 Å². The molecule has 4 aromatic rings. The van der Waals surface area contributed by atoms with Gasteiger partial charge in [0.2, 0.25) is 5.13 Å². The number of carbonyl (C=O) groups excluding carboxylic acids is 1. The van der Waals surface area contributed by atoms with Gasteiger partial charge in [0.1, 0.15) is 0 Å². The molecule has 0 aliphatic carbocycles. The number of benzene rings is 2. The molecule has 0 unspecified atom stereocenters. The third-order valence-corrected chi connectivity index (χ3v) is 6.44. The van der Waals surface area contributed by atoms with E-state index in [-0.39, 0.29) is 5.91 Å². The topological polar surface area (TPSA) is 59.8 Å². The summed E-state index contributed by atoms with van der Waals surface area (Å²) < 4.78 is 2.85. The second kappa shape index (κ2) is 7.44. The summed E-state index contributed by atoms with van der Waals surface area (Å²) >= 11 is 13.8. The van der Waals surface area contributed by atoms with E-state index in [1.807, 2.05) is 44.5 Å². The number of aryl methyl sites for hydroxylation is 4. The smallest absolute Gasteiger partial charge is 0.257 e. The molecule has 0 aliphatic heterocycles. The molecule has 1 amide bonds. The van der Waals surface area contributed by atoms with Gasteiger partial charge in [-0.05, 0) is 69.2 Å². The Morgan fingerprint density at radius 1 is 1.10 bits per heavy atom. The van der Waals surface area contributed by atoms with Crippen LogP contribution in [0.5, 0.6) is 0 Å². The number of halogens is 2. The fourth-order valence-corrected chi connectivity index (χ4v) is 4.77. The van der Waals surface area contributed by atoms with Gasteiger partial charge in [-0.1, -0.05) is 34.5 Å². The van der Waals surface area contributed by atoms with Crippen molar-refractivity contribution in [1.82, 2.24) is 14.8 Å². The Balaban J connectivity index is 1.76. The van der Waals surface area contributed by atoms with Crippen molar-refractivity contribution in [2.24, 2.45) is 0 Å². The molecule has 0 saturated heterocycles. The molecule has 2 aromatic carbocycles. The lowest BCUT2D eigenvalue weighted by atomic mass is 10.1. The minimum Gasteiger partial charge on any atom is -0.321 e. The monoisotopic (exact) mass is 444 g/mol. The van der Waals surface area contributed by atoms with E-state index >= 15 is 0 Å². The van der Waals surface area contributed by atoms with Gasteiger partial charge in [-0.15, -0.1) is 0 Å². The van der Waals surface area contributed by atoms with Gasteiger partial charge < -0.3 is 5.32 Å². The first-order valence-electron chi connectivity index (χ1n) is 8.95. The molecule has 2 heterocycles. The molecule has 29 heavy (non-hydrogen) atoms. The van der Waals surface area contributed by atoms with Crippen molar-refractivity contribution >= 4 is 56.3 Å². The van der Waals surface area contributed by atoms with Gasteiger partial charge in [0.25, 0.3) is 5.91 Å². The van der Waals surface area contributed by atoms with E-state index in [1.165, 1.54) is 0 Å². The second-order valence-corrected chi connectivity index (χ2v) is 8.78. The van der Waals surface area contributed by atoms with E-state index in [0.717, 1.165) is 43.6 Å². The minimum atomic E-state index is -0.300. The number of nitrogens with zero attached hydrogens (tertiary/aromatic N) is 3. The molecule has 5 nitrogen and oxygen atoms in total. The zero-order chi connectivity index (χ0) is 20.9. The predicted molar refractivity (Wildman–Crippen MR) is 120 cm³/mol. The maximum atomic E-state index is 12.8. The lowest BCUT2D eigenvalue weighted by Crippen LogP contribution is -2.14. The molecule has 0 spiro atoms. The Morgan fingerprint density at radius 3 is 2.55 bits per heavy atom. The number of rotatable bonds is 3. The van der Waals surface area contributed by atoms with Crippen LogP contribution in [0.15, 0.2) is 30.3 Å². The zero-order valence-electron chi connectivity index (χ0n) is 16.3. The highest BCUT2D eigenvalue weighted by Gasteiger charge is 2.18. The lowest BCUT2D eigenvalue weighted by Gasteiger charge is -2.13. The Labute approximate surface area is 182 Å². The maximum Gasteiger partial charge on any atom is 0.257 e. The average molecular weight is 445 g/mol. The summed E-state index contributed by atoms with van der Waals surface area (Å²) in [5.41, 5.74) is 5.82. The molecular formula is C21H18Cl2N4OS. The van der Waals surface area contributed by atoms with Gasteiger partial charge in [0, 0.05) is 16.4 Å². The Bertz CT molecular complexity index is 1280. The molecule has 4 rings (SSSR count). The fourth-order valence-electron chi connectivity index (χ4n) is 3.33. The fraction of sp³-hybridized carbons (Fsp3) is 0.190. The van der Waals surface area contributed by atoms with E-state index in [0.29, 0.717) is 15.6 Å². The highest BCUT2D eigenvalue weighted by molar-refractivity contribution is 7.21. The van der Waals surface area contributed by atoms with Crippen molar-refractivity contribution in [2.75, 3.05) is 5.32 Å². The molecule has 0 radical (unpaired) electrons. The number of thiazole rings is 1. The van der Waals surface area contributed by atoms with Crippen LogP contribution in [0.1, 0.15) is 32.9 Å². The molecule has 0 bridgehead atoms. The molecular weight excluding hydrogens is 427 g/mol. The number of hydrogen-bond donors (Lipinski definition) is 1. The number of amides is 1. The molecule has 8 heteroatoms. The molecule has 0 fully saturated rings. The molecule has 0 aliphatic rings. The maximum absolute atomic E-state index is 12.8. The van der Waals surface area contributed by atoms with Crippen LogP contribution < -0.4 is 5.32 Å². The van der Waals surface area contributed by atoms with E-state index in [9.17, 15) is 4.79 Å². The highest BCUT2D eigenvalue weighted by Crippen LogP contribution is 2.35. The van der Waals surface area contributed by atoms with Crippen molar-refractivity contribution in [3.63, 3.8) is 0 Å². The molecule has 0 saturated carbocycles. The summed E-state index contributed by atoms with van der Waals surface area (Å²) in [6.45, 7) is 7.89. The summed E-state index contributed by atoms with van der Waals surface area (Å²) in [4.78, 5) is 17.6. The molecule has 148 valence electrons. The predicted octanol–water partition coefficient (Wildman–Crippen LogP) is 6.27. The number of nitrogens with one attached hydrogen (secondary N) is 1.